The van der Waals surface area contributed by atoms with Gasteiger partial charge < -0.3 is 9.47 Å². The molecule has 1 aromatic heterocycles. The number of likely N-dealkylation sites (tertiary alicyclic amines) is 1. The molecule has 3 aliphatic rings. The van der Waals surface area contributed by atoms with E-state index in [0.717, 1.165) is 50.6 Å². The summed E-state index contributed by atoms with van der Waals surface area (Å²) in [6.07, 6.45) is 14.0. The van der Waals surface area contributed by atoms with Gasteiger partial charge >= 0.3 is 0 Å². The SMILES string of the molecule is O=C(CC1CCCCC1)N1CCC(Cc2nncn2CC2CC2)C1. The molecule has 0 aromatic carbocycles. The van der Waals surface area contributed by atoms with Gasteiger partial charge in [-0.2, -0.15) is 0 Å². The average Bonchev–Trinajstić information content (AvgIpc) is 3.11. The Labute approximate surface area is 144 Å². The number of hydrogen-bond donors (Lipinski definition) is 0. The van der Waals surface area contributed by atoms with Crippen LogP contribution in [0.4, 0.5) is 0 Å². The molecular weight excluding hydrogens is 300 g/mol. The van der Waals surface area contributed by atoms with Gasteiger partial charge in [0, 0.05) is 32.5 Å². The molecule has 1 atom stereocenters. The maximum atomic E-state index is 12.6. The monoisotopic (exact) mass is 330 g/mol. The summed E-state index contributed by atoms with van der Waals surface area (Å²) in [5.41, 5.74) is 0. The van der Waals surface area contributed by atoms with Crippen molar-refractivity contribution in [2.45, 2.75) is 70.8 Å². The highest BCUT2D eigenvalue weighted by Gasteiger charge is 2.30. The number of hydrogen-bond acceptors (Lipinski definition) is 3. The molecule has 3 fully saturated rings. The third-order valence-electron chi connectivity index (χ3n) is 6.15. The van der Waals surface area contributed by atoms with Crippen LogP contribution in [0.3, 0.4) is 0 Å². The topological polar surface area (TPSA) is 51.0 Å². The van der Waals surface area contributed by atoms with Crippen LogP contribution in [0.5, 0.6) is 0 Å². The van der Waals surface area contributed by atoms with Crippen molar-refractivity contribution in [3.63, 3.8) is 0 Å². The van der Waals surface area contributed by atoms with E-state index in [1.54, 1.807) is 0 Å². The van der Waals surface area contributed by atoms with E-state index in [9.17, 15) is 4.79 Å². The smallest absolute Gasteiger partial charge is 0.222 e. The number of amides is 1. The predicted molar refractivity (Wildman–Crippen MR) is 92.3 cm³/mol. The van der Waals surface area contributed by atoms with Gasteiger partial charge in [0.05, 0.1) is 0 Å². The number of carbonyl (C=O) groups excluding carboxylic acids is 1. The minimum Gasteiger partial charge on any atom is -0.342 e. The van der Waals surface area contributed by atoms with Gasteiger partial charge in [-0.15, -0.1) is 10.2 Å². The van der Waals surface area contributed by atoms with Gasteiger partial charge in [-0.3, -0.25) is 4.79 Å². The first-order valence-electron chi connectivity index (χ1n) is 9.92. The lowest BCUT2D eigenvalue weighted by molar-refractivity contribution is -0.131. The molecule has 1 saturated heterocycles. The summed E-state index contributed by atoms with van der Waals surface area (Å²) < 4.78 is 2.24. The normalized spacial score (nSPS) is 25.3. The van der Waals surface area contributed by atoms with Crippen molar-refractivity contribution in [2.75, 3.05) is 13.1 Å². The highest BCUT2D eigenvalue weighted by Crippen LogP contribution is 2.31. The van der Waals surface area contributed by atoms with Crippen molar-refractivity contribution in [3.8, 4) is 0 Å². The van der Waals surface area contributed by atoms with Crippen molar-refractivity contribution in [1.29, 1.82) is 0 Å². The molecule has 4 rings (SSSR count). The van der Waals surface area contributed by atoms with Crippen molar-refractivity contribution >= 4 is 5.91 Å². The van der Waals surface area contributed by atoms with Gasteiger partial charge in [0.15, 0.2) is 0 Å². The second-order valence-corrected chi connectivity index (χ2v) is 8.25. The van der Waals surface area contributed by atoms with Gasteiger partial charge in [-0.1, -0.05) is 19.3 Å². The van der Waals surface area contributed by atoms with E-state index in [-0.39, 0.29) is 0 Å². The van der Waals surface area contributed by atoms with E-state index in [1.807, 2.05) is 6.33 Å². The summed E-state index contributed by atoms with van der Waals surface area (Å²) in [5, 5.41) is 8.44. The summed E-state index contributed by atoms with van der Waals surface area (Å²) in [6.45, 7) is 2.94. The second kappa shape index (κ2) is 7.24. The van der Waals surface area contributed by atoms with Crippen LogP contribution in [-0.2, 0) is 17.8 Å². The van der Waals surface area contributed by atoms with E-state index >= 15 is 0 Å². The summed E-state index contributed by atoms with van der Waals surface area (Å²) in [7, 11) is 0. The molecule has 24 heavy (non-hydrogen) atoms. The van der Waals surface area contributed by atoms with Gasteiger partial charge in [0.2, 0.25) is 5.91 Å². The maximum Gasteiger partial charge on any atom is 0.222 e. The lowest BCUT2D eigenvalue weighted by Gasteiger charge is -2.24. The molecule has 2 heterocycles. The van der Waals surface area contributed by atoms with Gasteiger partial charge in [-0.25, -0.2) is 0 Å². The molecule has 132 valence electrons. The van der Waals surface area contributed by atoms with Crippen LogP contribution in [0, 0.1) is 17.8 Å². The van der Waals surface area contributed by atoms with E-state index in [2.05, 4.69) is 19.7 Å². The fourth-order valence-electron chi connectivity index (χ4n) is 4.42. The molecule has 0 radical (unpaired) electrons. The molecule has 1 aromatic rings. The Balaban J connectivity index is 1.26. The Bertz CT molecular complexity index is 559. The zero-order valence-corrected chi connectivity index (χ0v) is 14.7. The number of rotatable bonds is 6. The molecule has 5 nitrogen and oxygen atoms in total. The minimum atomic E-state index is 0.392. The fourth-order valence-corrected chi connectivity index (χ4v) is 4.42. The molecule has 0 spiro atoms. The lowest BCUT2D eigenvalue weighted by Crippen LogP contribution is -2.31. The highest BCUT2D eigenvalue weighted by atomic mass is 16.2. The molecule has 2 aliphatic carbocycles. The first-order chi connectivity index (χ1) is 11.8. The third kappa shape index (κ3) is 3.98. The third-order valence-corrected chi connectivity index (χ3v) is 6.15. The summed E-state index contributed by atoms with van der Waals surface area (Å²) in [4.78, 5) is 14.7. The van der Waals surface area contributed by atoms with Crippen LogP contribution in [0.2, 0.25) is 0 Å². The maximum absolute atomic E-state index is 12.6. The quantitative estimate of drug-likeness (QED) is 0.805. The van der Waals surface area contributed by atoms with E-state index < -0.39 is 0 Å². The van der Waals surface area contributed by atoms with E-state index in [1.165, 1.54) is 44.9 Å². The van der Waals surface area contributed by atoms with Crippen LogP contribution in [0.1, 0.15) is 63.6 Å². The minimum absolute atomic E-state index is 0.392. The van der Waals surface area contributed by atoms with Crippen molar-refractivity contribution < 1.29 is 4.79 Å². The van der Waals surface area contributed by atoms with Gasteiger partial charge in [0.25, 0.3) is 0 Å². The Morgan fingerprint density at radius 2 is 1.88 bits per heavy atom. The van der Waals surface area contributed by atoms with Gasteiger partial charge in [0.1, 0.15) is 12.2 Å². The molecule has 1 aliphatic heterocycles. The Kier molecular flexibility index (Phi) is 4.86. The fraction of sp³-hybridized carbons (Fsp3) is 0.842. The first kappa shape index (κ1) is 16.1. The molecule has 5 heteroatoms. The van der Waals surface area contributed by atoms with Crippen LogP contribution in [0.15, 0.2) is 6.33 Å². The van der Waals surface area contributed by atoms with Crippen LogP contribution in [-0.4, -0.2) is 38.7 Å². The largest absolute Gasteiger partial charge is 0.342 e. The lowest BCUT2D eigenvalue weighted by atomic mass is 9.87. The summed E-state index contributed by atoms with van der Waals surface area (Å²) in [5.74, 6) is 3.56. The number of aromatic nitrogens is 3. The Hall–Kier alpha value is -1.39. The van der Waals surface area contributed by atoms with Crippen molar-refractivity contribution in [2.24, 2.45) is 17.8 Å². The number of carbonyl (C=O) groups is 1. The van der Waals surface area contributed by atoms with Crippen molar-refractivity contribution in [1.82, 2.24) is 19.7 Å². The Morgan fingerprint density at radius 1 is 1.04 bits per heavy atom. The van der Waals surface area contributed by atoms with E-state index in [4.69, 9.17) is 0 Å². The van der Waals surface area contributed by atoms with Gasteiger partial charge in [-0.05, 0) is 49.9 Å². The summed E-state index contributed by atoms with van der Waals surface area (Å²) in [6, 6.07) is 0. The molecule has 1 unspecified atom stereocenters. The zero-order chi connectivity index (χ0) is 16.4. The molecule has 0 N–H and O–H groups in total. The van der Waals surface area contributed by atoms with E-state index in [0.29, 0.717) is 17.7 Å². The molecule has 1 amide bonds. The number of nitrogens with zero attached hydrogens (tertiary/aromatic N) is 4. The Morgan fingerprint density at radius 3 is 2.67 bits per heavy atom. The predicted octanol–water partition coefficient (Wildman–Crippen LogP) is 3.05. The summed E-state index contributed by atoms with van der Waals surface area (Å²) >= 11 is 0. The zero-order valence-electron chi connectivity index (χ0n) is 14.7. The molecular formula is C19H30N4O. The first-order valence-corrected chi connectivity index (χ1v) is 9.92. The van der Waals surface area contributed by atoms with Crippen molar-refractivity contribution in [3.05, 3.63) is 12.2 Å². The average molecular weight is 330 g/mol. The van der Waals surface area contributed by atoms with Crippen LogP contribution < -0.4 is 0 Å². The van der Waals surface area contributed by atoms with Crippen LogP contribution in [0.25, 0.3) is 0 Å². The molecule has 2 saturated carbocycles. The standard InChI is InChI=1S/C19H30N4O/c24-19(11-15-4-2-1-3-5-15)22-9-8-17(13-22)10-18-21-20-14-23(18)12-16-6-7-16/h14-17H,1-13H2. The molecule has 0 bridgehead atoms. The second-order valence-electron chi connectivity index (χ2n) is 8.25. The van der Waals surface area contributed by atoms with Crippen LogP contribution >= 0.6 is 0 Å². The highest BCUT2D eigenvalue weighted by molar-refractivity contribution is 5.76.